The number of rotatable bonds is 5. The molecule has 0 unspecified atom stereocenters. The highest BCUT2D eigenvalue weighted by Gasteiger charge is 1.96. The Labute approximate surface area is 115 Å². The van der Waals surface area contributed by atoms with E-state index in [1.165, 1.54) is 16.7 Å². The minimum atomic E-state index is 0. The minimum absolute atomic E-state index is 0. The highest BCUT2D eigenvalue weighted by Crippen LogP contribution is 2.04. The third kappa shape index (κ3) is 4.36. The molecule has 0 saturated heterocycles. The van der Waals surface area contributed by atoms with Crippen LogP contribution in [0, 0.1) is 0 Å². The minimum Gasteiger partial charge on any atom is -1.00 e. The molecule has 0 aliphatic heterocycles. The van der Waals surface area contributed by atoms with Crippen LogP contribution in [-0.4, -0.2) is 0 Å². The molecule has 0 fully saturated rings. The second-order valence-corrected chi connectivity index (χ2v) is 4.13. The predicted molar refractivity (Wildman–Crippen MR) is 72.3 cm³/mol. The van der Waals surface area contributed by atoms with E-state index < -0.39 is 0 Å². The summed E-state index contributed by atoms with van der Waals surface area (Å²) in [6.45, 7) is 5.81. The first-order chi connectivity index (χ1) is 8.38. The average Bonchev–Trinajstić information content (AvgIpc) is 2.41. The molecule has 0 aromatic heterocycles. The molecule has 0 aliphatic carbocycles. The zero-order valence-corrected chi connectivity index (χ0v) is 11.1. The lowest BCUT2D eigenvalue weighted by Gasteiger charge is -2.02. The van der Waals surface area contributed by atoms with Gasteiger partial charge in [0.15, 0.2) is 0 Å². The lowest BCUT2D eigenvalue weighted by molar-refractivity contribution is -0.686. The van der Waals surface area contributed by atoms with E-state index in [0.717, 1.165) is 13.1 Å². The number of hydrogen-bond donors (Lipinski definition) is 1. The molecule has 0 spiro atoms. The van der Waals surface area contributed by atoms with Gasteiger partial charge >= 0.3 is 0 Å². The van der Waals surface area contributed by atoms with Crippen LogP contribution in [0.2, 0.25) is 0 Å². The molecule has 0 aliphatic rings. The van der Waals surface area contributed by atoms with Crippen molar-refractivity contribution in [2.24, 2.45) is 0 Å². The normalized spacial score (nSPS) is 9.56. The molecule has 0 radical (unpaired) electrons. The van der Waals surface area contributed by atoms with Crippen LogP contribution >= 0.6 is 0 Å². The van der Waals surface area contributed by atoms with Crippen molar-refractivity contribution in [2.45, 2.75) is 13.1 Å². The first-order valence-corrected chi connectivity index (χ1v) is 5.95. The maximum absolute atomic E-state index is 3.75. The van der Waals surface area contributed by atoms with E-state index in [9.17, 15) is 0 Å². The number of quaternary nitrogens is 1. The molecule has 0 heterocycles. The van der Waals surface area contributed by atoms with Crippen LogP contribution in [0.3, 0.4) is 0 Å². The molecule has 2 heteroatoms. The first-order valence-electron chi connectivity index (χ1n) is 5.95. The maximum Gasteiger partial charge on any atom is 0.101 e. The van der Waals surface area contributed by atoms with Gasteiger partial charge in [0, 0.05) is 11.1 Å². The van der Waals surface area contributed by atoms with Gasteiger partial charge in [0.05, 0.1) is 0 Å². The Kier molecular flexibility index (Phi) is 6.20. The van der Waals surface area contributed by atoms with Gasteiger partial charge in [-0.3, -0.25) is 0 Å². The van der Waals surface area contributed by atoms with Crippen LogP contribution in [0.5, 0.6) is 0 Å². The summed E-state index contributed by atoms with van der Waals surface area (Å²) in [6, 6.07) is 19.1. The van der Waals surface area contributed by atoms with E-state index in [0.29, 0.717) is 0 Å². The monoisotopic (exact) mass is 259 g/mol. The van der Waals surface area contributed by atoms with E-state index in [-0.39, 0.29) is 12.4 Å². The van der Waals surface area contributed by atoms with E-state index >= 15 is 0 Å². The second kappa shape index (κ2) is 7.70. The fourth-order valence-electron chi connectivity index (χ4n) is 1.81. The molecule has 0 bridgehead atoms. The predicted octanol–water partition coefficient (Wildman–Crippen LogP) is -0.403. The van der Waals surface area contributed by atoms with Crippen molar-refractivity contribution in [2.75, 3.05) is 0 Å². The van der Waals surface area contributed by atoms with Crippen LogP contribution in [0.25, 0.3) is 6.08 Å². The summed E-state index contributed by atoms with van der Waals surface area (Å²) < 4.78 is 0. The quantitative estimate of drug-likeness (QED) is 0.753. The molecule has 2 N–H and O–H groups in total. The largest absolute Gasteiger partial charge is 1.00 e. The number of nitrogens with two attached hydrogens (primary N) is 1. The summed E-state index contributed by atoms with van der Waals surface area (Å²) in [6.07, 6.45) is 1.87. The van der Waals surface area contributed by atoms with Crippen molar-refractivity contribution in [1.29, 1.82) is 0 Å². The SMILES string of the molecule is C=Cc1ccc(C[NH2+]Cc2ccccc2)cc1.[Cl-]. The molecule has 0 atom stereocenters. The topological polar surface area (TPSA) is 16.6 Å². The molecule has 18 heavy (non-hydrogen) atoms. The van der Waals surface area contributed by atoms with Gasteiger partial charge in [-0.05, 0) is 5.56 Å². The van der Waals surface area contributed by atoms with Gasteiger partial charge in [0.2, 0.25) is 0 Å². The molecular formula is C16H18ClN. The van der Waals surface area contributed by atoms with Crippen molar-refractivity contribution in [3.05, 3.63) is 77.9 Å². The first kappa shape index (κ1) is 14.5. The Balaban J connectivity index is 0.00000162. The average molecular weight is 260 g/mol. The van der Waals surface area contributed by atoms with Crippen molar-refractivity contribution >= 4 is 6.08 Å². The lowest BCUT2D eigenvalue weighted by Crippen LogP contribution is -3.00. The zero-order chi connectivity index (χ0) is 11.9. The molecule has 1 nitrogen and oxygen atoms in total. The number of halogens is 1. The standard InChI is InChI=1S/C16H17N.ClH/c1-2-14-8-10-16(11-9-14)13-17-12-15-6-4-3-5-7-15;/h2-11,17H,1,12-13H2;1H. The van der Waals surface area contributed by atoms with Gasteiger partial charge in [0.1, 0.15) is 13.1 Å². The number of benzene rings is 2. The fraction of sp³-hybridized carbons (Fsp3) is 0.125. The second-order valence-electron chi connectivity index (χ2n) is 4.13. The van der Waals surface area contributed by atoms with Gasteiger partial charge in [-0.15, -0.1) is 0 Å². The molecule has 2 aromatic carbocycles. The van der Waals surface area contributed by atoms with Gasteiger partial charge in [0.25, 0.3) is 0 Å². The molecular weight excluding hydrogens is 242 g/mol. The smallest absolute Gasteiger partial charge is 0.101 e. The molecule has 0 saturated carbocycles. The van der Waals surface area contributed by atoms with Crippen molar-refractivity contribution in [1.82, 2.24) is 0 Å². The summed E-state index contributed by atoms with van der Waals surface area (Å²) >= 11 is 0. The van der Waals surface area contributed by atoms with Crippen LogP contribution in [0.1, 0.15) is 16.7 Å². The van der Waals surface area contributed by atoms with Crippen LogP contribution in [-0.2, 0) is 13.1 Å². The lowest BCUT2D eigenvalue weighted by atomic mass is 10.1. The van der Waals surface area contributed by atoms with E-state index in [2.05, 4.69) is 66.5 Å². The van der Waals surface area contributed by atoms with Gasteiger partial charge in [-0.1, -0.05) is 67.3 Å². The molecule has 0 amide bonds. The Morgan fingerprint density at radius 1 is 0.833 bits per heavy atom. The highest BCUT2D eigenvalue weighted by atomic mass is 35.5. The van der Waals surface area contributed by atoms with E-state index in [1.807, 2.05) is 6.08 Å². The maximum atomic E-state index is 3.75. The van der Waals surface area contributed by atoms with Crippen LogP contribution in [0.4, 0.5) is 0 Å². The summed E-state index contributed by atoms with van der Waals surface area (Å²) in [5.74, 6) is 0. The summed E-state index contributed by atoms with van der Waals surface area (Å²) in [4.78, 5) is 0. The Hall–Kier alpha value is -1.57. The van der Waals surface area contributed by atoms with E-state index in [1.54, 1.807) is 0 Å². The van der Waals surface area contributed by atoms with Gasteiger partial charge in [-0.25, -0.2) is 0 Å². The zero-order valence-electron chi connectivity index (χ0n) is 10.4. The Bertz CT molecular complexity index is 462. The van der Waals surface area contributed by atoms with Gasteiger partial charge in [-0.2, -0.15) is 0 Å². The summed E-state index contributed by atoms with van der Waals surface area (Å²) in [5, 5.41) is 2.32. The van der Waals surface area contributed by atoms with E-state index in [4.69, 9.17) is 0 Å². The molecule has 94 valence electrons. The third-order valence-corrected chi connectivity index (χ3v) is 2.82. The van der Waals surface area contributed by atoms with Crippen molar-refractivity contribution in [3.63, 3.8) is 0 Å². The number of hydrogen-bond acceptors (Lipinski definition) is 0. The van der Waals surface area contributed by atoms with Crippen LogP contribution < -0.4 is 17.7 Å². The van der Waals surface area contributed by atoms with Crippen molar-refractivity contribution < 1.29 is 17.7 Å². The van der Waals surface area contributed by atoms with Gasteiger partial charge < -0.3 is 17.7 Å². The summed E-state index contributed by atoms with van der Waals surface area (Å²) in [7, 11) is 0. The van der Waals surface area contributed by atoms with Crippen molar-refractivity contribution in [3.8, 4) is 0 Å². The highest BCUT2D eigenvalue weighted by molar-refractivity contribution is 5.47. The van der Waals surface area contributed by atoms with Crippen LogP contribution in [0.15, 0.2) is 61.2 Å². The molecule has 2 aromatic rings. The third-order valence-electron chi connectivity index (χ3n) is 2.82. The summed E-state index contributed by atoms with van der Waals surface area (Å²) in [5.41, 5.74) is 3.90. The molecule has 2 rings (SSSR count). The fourth-order valence-corrected chi connectivity index (χ4v) is 1.81. The Morgan fingerprint density at radius 2 is 1.39 bits per heavy atom. The Morgan fingerprint density at radius 3 is 1.94 bits per heavy atom.